The van der Waals surface area contributed by atoms with E-state index >= 15 is 0 Å². The molecular weight excluding hydrogens is 282 g/mol. The summed E-state index contributed by atoms with van der Waals surface area (Å²) in [7, 11) is 1.97. The van der Waals surface area contributed by atoms with E-state index in [2.05, 4.69) is 9.97 Å². The van der Waals surface area contributed by atoms with Crippen molar-refractivity contribution in [1.29, 1.82) is 0 Å². The molecule has 0 unspecified atom stereocenters. The Labute approximate surface area is 127 Å². The normalized spacial score (nSPS) is 11.0. The number of aryl methyl sites for hydroxylation is 2. The lowest BCUT2D eigenvalue weighted by atomic mass is 10.2. The highest BCUT2D eigenvalue weighted by molar-refractivity contribution is 6.02. The Morgan fingerprint density at radius 1 is 1.32 bits per heavy atom. The Hall–Kier alpha value is -2.63. The summed E-state index contributed by atoms with van der Waals surface area (Å²) >= 11 is 0. The van der Waals surface area contributed by atoms with Crippen LogP contribution in [0.1, 0.15) is 12.7 Å². The van der Waals surface area contributed by atoms with Crippen LogP contribution < -0.4 is 4.74 Å². The second-order valence-corrected chi connectivity index (χ2v) is 4.98. The predicted molar refractivity (Wildman–Crippen MR) is 82.9 cm³/mol. The van der Waals surface area contributed by atoms with Crippen molar-refractivity contribution in [3.63, 3.8) is 0 Å². The number of imidazole rings is 1. The monoisotopic (exact) mass is 299 g/mol. The number of hydrogen-bond donors (Lipinski definition) is 0. The molecule has 0 aliphatic rings. The molecule has 0 spiro atoms. The lowest BCUT2D eigenvalue weighted by Gasteiger charge is -2.08. The van der Waals surface area contributed by atoms with Crippen LogP contribution in [0.15, 0.2) is 24.4 Å². The molecule has 0 saturated heterocycles. The van der Waals surface area contributed by atoms with Crippen molar-refractivity contribution >= 4 is 27.9 Å². The van der Waals surface area contributed by atoms with E-state index in [1.54, 1.807) is 19.2 Å². The number of esters is 1. The molecule has 3 aromatic rings. The molecular formula is C16H17N3O3. The summed E-state index contributed by atoms with van der Waals surface area (Å²) in [6, 6.07) is 5.55. The summed E-state index contributed by atoms with van der Waals surface area (Å²) in [6.07, 6.45) is 1.77. The maximum atomic E-state index is 11.4. The summed E-state index contributed by atoms with van der Waals surface area (Å²) in [6.45, 7) is 3.96. The van der Waals surface area contributed by atoms with E-state index < -0.39 is 0 Å². The Morgan fingerprint density at radius 2 is 2.14 bits per heavy atom. The number of fused-ring (bicyclic) bond motifs is 3. The van der Waals surface area contributed by atoms with Gasteiger partial charge in [-0.25, -0.2) is 9.78 Å². The van der Waals surface area contributed by atoms with Crippen LogP contribution in [-0.4, -0.2) is 33.7 Å². The molecule has 114 valence electrons. The van der Waals surface area contributed by atoms with Crippen LogP contribution in [0, 0.1) is 6.92 Å². The van der Waals surface area contributed by atoms with Crippen molar-refractivity contribution in [2.75, 3.05) is 13.2 Å². The molecule has 0 fully saturated rings. The summed E-state index contributed by atoms with van der Waals surface area (Å²) in [4.78, 5) is 20.3. The molecule has 3 rings (SSSR count). The van der Waals surface area contributed by atoms with E-state index in [1.807, 2.05) is 30.7 Å². The SMILES string of the molecule is CCOC(=O)COc1ccc2ncc3nc(C)n(C)c3c2c1. The molecule has 0 aliphatic carbocycles. The van der Waals surface area contributed by atoms with Crippen LogP contribution in [-0.2, 0) is 16.6 Å². The fourth-order valence-electron chi connectivity index (χ4n) is 2.43. The number of carbonyl (C=O) groups excluding carboxylic acids is 1. The number of rotatable bonds is 4. The van der Waals surface area contributed by atoms with Crippen LogP contribution in [0.3, 0.4) is 0 Å². The van der Waals surface area contributed by atoms with Crippen molar-refractivity contribution in [3.05, 3.63) is 30.2 Å². The number of carbonyl (C=O) groups is 1. The summed E-state index contributed by atoms with van der Waals surface area (Å²) in [5.74, 6) is 1.14. The number of ether oxygens (including phenoxy) is 2. The largest absolute Gasteiger partial charge is 0.482 e. The van der Waals surface area contributed by atoms with E-state index in [0.29, 0.717) is 12.4 Å². The van der Waals surface area contributed by atoms with E-state index in [0.717, 1.165) is 27.8 Å². The summed E-state index contributed by atoms with van der Waals surface area (Å²) in [5.41, 5.74) is 2.71. The fraction of sp³-hybridized carbons (Fsp3) is 0.312. The van der Waals surface area contributed by atoms with Gasteiger partial charge in [-0.05, 0) is 32.0 Å². The molecule has 22 heavy (non-hydrogen) atoms. The van der Waals surface area contributed by atoms with Crippen molar-refractivity contribution in [2.45, 2.75) is 13.8 Å². The van der Waals surface area contributed by atoms with E-state index in [-0.39, 0.29) is 12.6 Å². The van der Waals surface area contributed by atoms with Gasteiger partial charge in [0.2, 0.25) is 0 Å². The van der Waals surface area contributed by atoms with Gasteiger partial charge in [-0.2, -0.15) is 0 Å². The highest BCUT2D eigenvalue weighted by atomic mass is 16.6. The Kier molecular flexibility index (Phi) is 3.66. The third-order valence-electron chi connectivity index (χ3n) is 3.56. The quantitative estimate of drug-likeness (QED) is 0.692. The Balaban J connectivity index is 2.00. The minimum absolute atomic E-state index is 0.104. The van der Waals surface area contributed by atoms with E-state index in [9.17, 15) is 4.79 Å². The van der Waals surface area contributed by atoms with Gasteiger partial charge in [0.1, 0.15) is 17.1 Å². The van der Waals surface area contributed by atoms with Gasteiger partial charge in [0.25, 0.3) is 0 Å². The van der Waals surface area contributed by atoms with Gasteiger partial charge in [0, 0.05) is 12.4 Å². The minimum Gasteiger partial charge on any atom is -0.482 e. The Morgan fingerprint density at radius 3 is 2.91 bits per heavy atom. The number of benzene rings is 1. The lowest BCUT2D eigenvalue weighted by Crippen LogP contribution is -2.14. The molecule has 0 radical (unpaired) electrons. The van der Waals surface area contributed by atoms with Crippen LogP contribution in [0.5, 0.6) is 5.75 Å². The second-order valence-electron chi connectivity index (χ2n) is 4.98. The molecule has 0 bridgehead atoms. The predicted octanol–water partition coefficient (Wildman–Crippen LogP) is 2.37. The average Bonchev–Trinajstić information content (AvgIpc) is 2.80. The third kappa shape index (κ3) is 2.47. The zero-order valence-corrected chi connectivity index (χ0v) is 12.8. The lowest BCUT2D eigenvalue weighted by molar-refractivity contribution is -0.145. The van der Waals surface area contributed by atoms with Crippen LogP contribution in [0.4, 0.5) is 0 Å². The van der Waals surface area contributed by atoms with Gasteiger partial charge >= 0.3 is 5.97 Å². The van der Waals surface area contributed by atoms with Gasteiger partial charge < -0.3 is 14.0 Å². The van der Waals surface area contributed by atoms with E-state index in [4.69, 9.17) is 9.47 Å². The number of nitrogens with zero attached hydrogens (tertiary/aromatic N) is 3. The zero-order valence-electron chi connectivity index (χ0n) is 12.8. The molecule has 6 heteroatoms. The molecule has 0 saturated carbocycles. The molecule has 2 heterocycles. The molecule has 2 aromatic heterocycles. The number of hydrogen-bond acceptors (Lipinski definition) is 5. The smallest absolute Gasteiger partial charge is 0.344 e. The van der Waals surface area contributed by atoms with Gasteiger partial charge in [0.05, 0.1) is 23.8 Å². The molecule has 0 aliphatic heterocycles. The molecule has 0 atom stereocenters. The van der Waals surface area contributed by atoms with Gasteiger partial charge in [0.15, 0.2) is 6.61 Å². The first-order valence-corrected chi connectivity index (χ1v) is 7.10. The standard InChI is InChI=1S/C16H17N3O3/c1-4-21-15(20)9-22-11-5-6-13-12(7-11)16-14(8-17-13)18-10(2)19(16)3/h5-8H,4,9H2,1-3H3. The minimum atomic E-state index is -0.379. The first-order valence-electron chi connectivity index (χ1n) is 7.10. The van der Waals surface area contributed by atoms with Gasteiger partial charge in [-0.3, -0.25) is 4.98 Å². The number of pyridine rings is 1. The van der Waals surface area contributed by atoms with Crippen LogP contribution in [0.2, 0.25) is 0 Å². The maximum absolute atomic E-state index is 11.4. The molecule has 1 aromatic carbocycles. The maximum Gasteiger partial charge on any atom is 0.344 e. The van der Waals surface area contributed by atoms with Crippen LogP contribution >= 0.6 is 0 Å². The highest BCUT2D eigenvalue weighted by Gasteiger charge is 2.11. The molecule has 0 amide bonds. The first kappa shape index (κ1) is 14.3. The van der Waals surface area contributed by atoms with Crippen molar-refractivity contribution in [2.24, 2.45) is 7.05 Å². The van der Waals surface area contributed by atoms with Crippen molar-refractivity contribution in [3.8, 4) is 5.75 Å². The zero-order chi connectivity index (χ0) is 15.7. The second kappa shape index (κ2) is 5.63. The first-order chi connectivity index (χ1) is 10.6. The van der Waals surface area contributed by atoms with Crippen molar-refractivity contribution in [1.82, 2.24) is 14.5 Å². The van der Waals surface area contributed by atoms with Gasteiger partial charge in [-0.15, -0.1) is 0 Å². The van der Waals surface area contributed by atoms with Gasteiger partial charge in [-0.1, -0.05) is 0 Å². The summed E-state index contributed by atoms with van der Waals surface area (Å²) < 4.78 is 12.4. The topological polar surface area (TPSA) is 66.2 Å². The van der Waals surface area contributed by atoms with Crippen LogP contribution in [0.25, 0.3) is 21.9 Å². The third-order valence-corrected chi connectivity index (χ3v) is 3.56. The Bertz CT molecular complexity index is 855. The van der Waals surface area contributed by atoms with E-state index in [1.165, 1.54) is 0 Å². The molecule has 6 nitrogen and oxygen atoms in total. The number of aromatic nitrogens is 3. The fourth-order valence-corrected chi connectivity index (χ4v) is 2.43. The highest BCUT2D eigenvalue weighted by Crippen LogP contribution is 2.27. The average molecular weight is 299 g/mol. The summed E-state index contributed by atoms with van der Waals surface area (Å²) in [5, 5.41) is 0.946. The van der Waals surface area contributed by atoms with Crippen molar-refractivity contribution < 1.29 is 14.3 Å². The molecule has 0 N–H and O–H groups in total.